The summed E-state index contributed by atoms with van der Waals surface area (Å²) in [5, 5.41) is 10.6. The number of benzene rings is 1. The first-order chi connectivity index (χ1) is 8.36. The van der Waals surface area contributed by atoms with Crippen LogP contribution < -0.4 is 10.5 Å². The minimum atomic E-state index is -1.31. The number of carbonyl (C=O) groups is 1. The summed E-state index contributed by atoms with van der Waals surface area (Å²) in [7, 11) is 1.22. The van der Waals surface area contributed by atoms with Gasteiger partial charge in [0.25, 0.3) is 5.69 Å². The Hall–Kier alpha value is -2.15. The van der Waals surface area contributed by atoms with E-state index in [-0.39, 0.29) is 18.0 Å². The molecular formula is C11H14N2O5. The predicted octanol–water partition coefficient (Wildman–Crippen LogP) is 0.864. The Morgan fingerprint density at radius 2 is 2.22 bits per heavy atom. The van der Waals surface area contributed by atoms with Gasteiger partial charge in [-0.25, -0.2) is 4.79 Å². The SMILES string of the molecule is COC(=O)C(C)(N)COc1cccc([N+](=O)[O-])c1. The lowest BCUT2D eigenvalue weighted by Gasteiger charge is -2.21. The Balaban J connectivity index is 2.72. The van der Waals surface area contributed by atoms with E-state index >= 15 is 0 Å². The number of nitro benzene ring substituents is 1. The molecule has 0 saturated carbocycles. The quantitative estimate of drug-likeness (QED) is 0.474. The first-order valence-corrected chi connectivity index (χ1v) is 5.11. The molecule has 2 N–H and O–H groups in total. The van der Waals surface area contributed by atoms with Crippen molar-refractivity contribution in [2.75, 3.05) is 13.7 Å². The highest BCUT2D eigenvalue weighted by atomic mass is 16.6. The number of nitro groups is 1. The summed E-state index contributed by atoms with van der Waals surface area (Å²) < 4.78 is 9.77. The highest BCUT2D eigenvalue weighted by Gasteiger charge is 2.30. The minimum absolute atomic E-state index is 0.0932. The molecule has 0 aliphatic carbocycles. The first kappa shape index (κ1) is 13.9. The van der Waals surface area contributed by atoms with Gasteiger partial charge in [0, 0.05) is 6.07 Å². The average molecular weight is 254 g/mol. The number of methoxy groups -OCH3 is 1. The Morgan fingerprint density at radius 3 is 2.78 bits per heavy atom. The fraction of sp³-hybridized carbons (Fsp3) is 0.364. The second-order valence-electron chi connectivity index (χ2n) is 3.95. The minimum Gasteiger partial charge on any atom is -0.491 e. The number of hydrogen-bond acceptors (Lipinski definition) is 6. The highest BCUT2D eigenvalue weighted by molar-refractivity contribution is 5.80. The van der Waals surface area contributed by atoms with Crippen molar-refractivity contribution >= 4 is 11.7 Å². The Morgan fingerprint density at radius 1 is 1.56 bits per heavy atom. The number of esters is 1. The lowest BCUT2D eigenvalue weighted by atomic mass is 10.1. The largest absolute Gasteiger partial charge is 0.491 e. The van der Waals surface area contributed by atoms with Crippen LogP contribution in [0.4, 0.5) is 5.69 Å². The molecule has 1 aromatic rings. The van der Waals surface area contributed by atoms with Gasteiger partial charge < -0.3 is 15.2 Å². The fourth-order valence-electron chi connectivity index (χ4n) is 1.21. The third-order valence-electron chi connectivity index (χ3n) is 2.22. The molecule has 18 heavy (non-hydrogen) atoms. The maximum Gasteiger partial charge on any atom is 0.329 e. The lowest BCUT2D eigenvalue weighted by molar-refractivity contribution is -0.384. The number of non-ortho nitro benzene ring substituents is 1. The number of nitrogens with zero attached hydrogens (tertiary/aromatic N) is 1. The Labute approximate surface area is 104 Å². The van der Waals surface area contributed by atoms with Gasteiger partial charge in [-0.05, 0) is 13.0 Å². The van der Waals surface area contributed by atoms with Crippen molar-refractivity contribution in [2.24, 2.45) is 5.73 Å². The predicted molar refractivity (Wildman–Crippen MR) is 63.2 cm³/mol. The molecule has 0 aliphatic heterocycles. The van der Waals surface area contributed by atoms with Crippen molar-refractivity contribution < 1.29 is 19.2 Å². The summed E-state index contributed by atoms with van der Waals surface area (Å²) in [6.07, 6.45) is 0. The molecule has 1 unspecified atom stereocenters. The molecule has 0 heterocycles. The zero-order chi connectivity index (χ0) is 13.8. The average Bonchev–Trinajstić information content (AvgIpc) is 2.35. The number of hydrogen-bond donors (Lipinski definition) is 1. The van der Waals surface area contributed by atoms with E-state index in [0.717, 1.165) is 0 Å². The van der Waals surface area contributed by atoms with Crippen molar-refractivity contribution in [1.29, 1.82) is 0 Å². The number of nitrogens with two attached hydrogens (primary N) is 1. The topological polar surface area (TPSA) is 105 Å². The van der Waals surface area contributed by atoms with Crippen molar-refractivity contribution in [3.63, 3.8) is 0 Å². The molecule has 0 saturated heterocycles. The summed E-state index contributed by atoms with van der Waals surface area (Å²) in [5.74, 6) is -0.349. The lowest BCUT2D eigenvalue weighted by Crippen LogP contribution is -2.50. The van der Waals surface area contributed by atoms with E-state index in [1.807, 2.05) is 0 Å². The van der Waals surface area contributed by atoms with Crippen LogP contribution in [-0.2, 0) is 9.53 Å². The summed E-state index contributed by atoms with van der Waals surface area (Å²) in [4.78, 5) is 21.3. The van der Waals surface area contributed by atoms with Crippen LogP contribution in [0, 0.1) is 10.1 Å². The molecule has 0 radical (unpaired) electrons. The molecule has 0 bridgehead atoms. The van der Waals surface area contributed by atoms with Crippen LogP contribution in [-0.4, -0.2) is 30.1 Å². The molecule has 7 nitrogen and oxygen atoms in total. The van der Waals surface area contributed by atoms with E-state index in [1.54, 1.807) is 6.07 Å². The van der Waals surface area contributed by atoms with E-state index < -0.39 is 16.4 Å². The molecule has 1 atom stereocenters. The Kier molecular flexibility index (Phi) is 4.22. The van der Waals surface area contributed by atoms with Crippen molar-refractivity contribution in [1.82, 2.24) is 0 Å². The summed E-state index contributed by atoms with van der Waals surface area (Å²) in [6.45, 7) is 1.32. The van der Waals surface area contributed by atoms with Gasteiger partial charge in [0.1, 0.15) is 17.9 Å². The second kappa shape index (κ2) is 5.46. The van der Waals surface area contributed by atoms with E-state index in [2.05, 4.69) is 4.74 Å². The normalized spacial score (nSPS) is 13.5. The fourth-order valence-corrected chi connectivity index (χ4v) is 1.21. The molecule has 0 amide bonds. The molecule has 1 aromatic carbocycles. The Bertz CT molecular complexity index is 459. The van der Waals surface area contributed by atoms with Gasteiger partial charge >= 0.3 is 5.97 Å². The first-order valence-electron chi connectivity index (χ1n) is 5.11. The molecule has 0 aromatic heterocycles. The summed E-state index contributed by atoms with van der Waals surface area (Å²) in [6, 6.07) is 5.63. The molecule has 1 rings (SSSR count). The highest BCUT2D eigenvalue weighted by Crippen LogP contribution is 2.20. The number of rotatable bonds is 5. The van der Waals surface area contributed by atoms with Gasteiger partial charge in [0.15, 0.2) is 0 Å². The molecule has 98 valence electrons. The van der Waals surface area contributed by atoms with Crippen LogP contribution in [0.5, 0.6) is 5.75 Å². The maximum atomic E-state index is 11.3. The van der Waals surface area contributed by atoms with Crippen LogP contribution in [0.1, 0.15) is 6.92 Å². The number of carbonyl (C=O) groups excluding carboxylic acids is 1. The monoisotopic (exact) mass is 254 g/mol. The smallest absolute Gasteiger partial charge is 0.329 e. The zero-order valence-electron chi connectivity index (χ0n) is 10.1. The standard InChI is InChI=1S/C11H14N2O5/c1-11(12,10(14)17-2)7-18-9-5-3-4-8(6-9)13(15)16/h3-6H,7,12H2,1-2H3. The third kappa shape index (κ3) is 3.42. The van der Waals surface area contributed by atoms with Crippen molar-refractivity contribution in [2.45, 2.75) is 12.5 Å². The molecule has 0 spiro atoms. The van der Waals surface area contributed by atoms with Gasteiger partial charge in [-0.15, -0.1) is 0 Å². The van der Waals surface area contributed by atoms with Gasteiger partial charge in [-0.2, -0.15) is 0 Å². The van der Waals surface area contributed by atoms with Gasteiger partial charge in [0.2, 0.25) is 0 Å². The molecule has 0 aliphatic rings. The van der Waals surface area contributed by atoms with Crippen LogP contribution in [0.3, 0.4) is 0 Å². The molecule has 0 fully saturated rings. The summed E-state index contributed by atoms with van der Waals surface area (Å²) >= 11 is 0. The molecule has 7 heteroatoms. The van der Waals surface area contributed by atoms with Gasteiger partial charge in [0.05, 0.1) is 18.1 Å². The zero-order valence-corrected chi connectivity index (χ0v) is 10.1. The summed E-state index contributed by atoms with van der Waals surface area (Å²) in [5.41, 5.74) is 4.28. The maximum absolute atomic E-state index is 11.3. The van der Waals surface area contributed by atoms with E-state index in [9.17, 15) is 14.9 Å². The van der Waals surface area contributed by atoms with E-state index in [0.29, 0.717) is 0 Å². The van der Waals surface area contributed by atoms with Crippen LogP contribution >= 0.6 is 0 Å². The molecular weight excluding hydrogens is 240 g/mol. The third-order valence-corrected chi connectivity index (χ3v) is 2.22. The van der Waals surface area contributed by atoms with E-state index in [4.69, 9.17) is 10.5 Å². The van der Waals surface area contributed by atoms with Crippen molar-refractivity contribution in [3.8, 4) is 5.75 Å². The van der Waals surface area contributed by atoms with E-state index in [1.165, 1.54) is 32.2 Å². The van der Waals surface area contributed by atoms with Crippen LogP contribution in [0.2, 0.25) is 0 Å². The second-order valence-corrected chi connectivity index (χ2v) is 3.95. The van der Waals surface area contributed by atoms with Crippen molar-refractivity contribution in [3.05, 3.63) is 34.4 Å². The van der Waals surface area contributed by atoms with Crippen LogP contribution in [0.15, 0.2) is 24.3 Å². The van der Waals surface area contributed by atoms with Gasteiger partial charge in [-0.3, -0.25) is 10.1 Å². The van der Waals surface area contributed by atoms with Gasteiger partial charge in [-0.1, -0.05) is 6.07 Å². The number of ether oxygens (including phenoxy) is 2. The van der Waals surface area contributed by atoms with Crippen LogP contribution in [0.25, 0.3) is 0 Å².